The van der Waals surface area contributed by atoms with Gasteiger partial charge >= 0.3 is 129 Å². The quantitative estimate of drug-likeness (QED) is 0.590. The van der Waals surface area contributed by atoms with Crippen LogP contribution in [0.4, 0.5) is 0 Å². The van der Waals surface area contributed by atoms with Crippen LogP contribution in [0, 0.1) is 6.92 Å². The molecular formula is C15H21N3O2Sn. The molecule has 0 spiro atoms. The number of pyridine rings is 1. The number of hydrogen-bond acceptors (Lipinski definition) is 4. The van der Waals surface area contributed by atoms with Crippen molar-refractivity contribution in [1.82, 2.24) is 14.8 Å². The molecular weight excluding hydrogens is 373 g/mol. The van der Waals surface area contributed by atoms with Gasteiger partial charge in [0, 0.05) is 0 Å². The van der Waals surface area contributed by atoms with Gasteiger partial charge in [0.25, 0.3) is 0 Å². The Balaban J connectivity index is 2.40. The molecule has 0 unspecified atom stereocenters. The average molecular weight is 394 g/mol. The first-order valence-electron chi connectivity index (χ1n) is 7.03. The number of esters is 1. The van der Waals surface area contributed by atoms with Crippen LogP contribution < -0.4 is 3.58 Å². The van der Waals surface area contributed by atoms with Gasteiger partial charge in [0.15, 0.2) is 0 Å². The van der Waals surface area contributed by atoms with Gasteiger partial charge in [-0.3, -0.25) is 0 Å². The number of hydrogen-bond donors (Lipinski definition) is 0. The second kappa shape index (κ2) is 6.17. The summed E-state index contributed by atoms with van der Waals surface area (Å²) in [5.74, 6) is 0.408. The van der Waals surface area contributed by atoms with Crippen molar-refractivity contribution in [2.45, 2.75) is 28.7 Å². The first-order chi connectivity index (χ1) is 9.82. The first kappa shape index (κ1) is 16.0. The van der Waals surface area contributed by atoms with Gasteiger partial charge in [-0.05, 0) is 0 Å². The fraction of sp³-hybridized carbons (Fsp3) is 0.400. The second-order valence-corrected chi connectivity index (χ2v) is 20.4. The molecule has 0 N–H and O–H groups in total. The van der Waals surface area contributed by atoms with Crippen LogP contribution in [0.2, 0.25) is 14.8 Å². The standard InChI is InChI=1S/C12H12N3O2.3CH3.Sn/c1-3-17-12(16)10-8-15(14-9(10)2)11-6-4-5-7-13-11;;;;/h5-8H,3H2,1-2H3;3*1H3;. The molecule has 6 heteroatoms. The van der Waals surface area contributed by atoms with Crippen molar-refractivity contribution >= 4 is 27.9 Å². The van der Waals surface area contributed by atoms with Crippen LogP contribution in [0.1, 0.15) is 23.0 Å². The molecule has 0 aliphatic heterocycles. The van der Waals surface area contributed by atoms with Crippen LogP contribution in [-0.2, 0) is 4.74 Å². The third kappa shape index (κ3) is 3.64. The maximum atomic E-state index is 11.9. The van der Waals surface area contributed by atoms with E-state index in [9.17, 15) is 4.79 Å². The normalized spacial score (nSPS) is 11.5. The number of ether oxygens (including phenoxy) is 1. The van der Waals surface area contributed by atoms with E-state index in [1.54, 1.807) is 24.7 Å². The van der Waals surface area contributed by atoms with Crippen LogP contribution >= 0.6 is 0 Å². The van der Waals surface area contributed by atoms with Crippen LogP contribution in [0.25, 0.3) is 5.82 Å². The number of nitrogens with zero attached hydrogens (tertiary/aromatic N) is 3. The molecule has 0 aliphatic rings. The summed E-state index contributed by atoms with van der Waals surface area (Å²) in [5.41, 5.74) is 1.14. The topological polar surface area (TPSA) is 57.0 Å². The van der Waals surface area contributed by atoms with Gasteiger partial charge in [0.1, 0.15) is 0 Å². The predicted octanol–water partition coefficient (Wildman–Crippen LogP) is 2.30. The molecule has 5 nitrogen and oxygen atoms in total. The zero-order valence-electron chi connectivity index (χ0n) is 13.2. The van der Waals surface area contributed by atoms with E-state index in [1.165, 1.54) is 3.58 Å². The number of aromatic nitrogens is 3. The van der Waals surface area contributed by atoms with Crippen molar-refractivity contribution in [2.75, 3.05) is 6.61 Å². The van der Waals surface area contributed by atoms with Gasteiger partial charge in [0.2, 0.25) is 0 Å². The van der Waals surface area contributed by atoms with E-state index in [0.29, 0.717) is 17.9 Å². The van der Waals surface area contributed by atoms with Crippen LogP contribution in [0.15, 0.2) is 24.5 Å². The van der Waals surface area contributed by atoms with E-state index in [2.05, 4.69) is 37.0 Å². The van der Waals surface area contributed by atoms with Gasteiger partial charge in [-0.15, -0.1) is 0 Å². The summed E-state index contributed by atoms with van der Waals surface area (Å²) in [7, 11) is 0. The van der Waals surface area contributed by atoms with Gasteiger partial charge in [0.05, 0.1) is 0 Å². The zero-order valence-corrected chi connectivity index (χ0v) is 16.0. The third-order valence-electron chi connectivity index (χ3n) is 3.24. The number of aryl methyl sites for hydroxylation is 1. The molecule has 0 saturated carbocycles. The van der Waals surface area contributed by atoms with Crippen molar-refractivity contribution in [2.24, 2.45) is 0 Å². The minimum atomic E-state index is -2.15. The Morgan fingerprint density at radius 2 is 2.10 bits per heavy atom. The molecule has 2 aromatic rings. The maximum absolute atomic E-state index is 11.9. The Morgan fingerprint density at radius 3 is 2.71 bits per heavy atom. The van der Waals surface area contributed by atoms with E-state index in [1.807, 2.05) is 6.20 Å². The number of carbonyl (C=O) groups excluding carboxylic acids is 1. The molecule has 0 atom stereocenters. The van der Waals surface area contributed by atoms with Crippen molar-refractivity contribution in [3.63, 3.8) is 0 Å². The van der Waals surface area contributed by atoms with E-state index in [0.717, 1.165) is 5.82 Å². The Kier molecular flexibility index (Phi) is 4.70. The van der Waals surface area contributed by atoms with Crippen LogP contribution in [-0.4, -0.2) is 45.7 Å². The SMILES string of the molecule is CCOC(=O)c1cn(-c2c[c]([Sn]([CH3])([CH3])[CH3])ccn2)nc1C. The Bertz CT molecular complexity index is 659. The molecule has 0 aliphatic carbocycles. The van der Waals surface area contributed by atoms with E-state index >= 15 is 0 Å². The summed E-state index contributed by atoms with van der Waals surface area (Å²) in [6, 6.07) is 4.17. The van der Waals surface area contributed by atoms with Crippen molar-refractivity contribution < 1.29 is 9.53 Å². The molecule has 2 rings (SSSR count). The Morgan fingerprint density at radius 1 is 1.38 bits per heavy atom. The average Bonchev–Trinajstić information content (AvgIpc) is 2.80. The molecule has 0 fully saturated rings. The molecule has 0 aromatic carbocycles. The summed E-state index contributed by atoms with van der Waals surface area (Å²) in [4.78, 5) is 23.3. The van der Waals surface area contributed by atoms with E-state index in [-0.39, 0.29) is 5.97 Å². The summed E-state index contributed by atoms with van der Waals surface area (Å²) >= 11 is -2.15. The molecule has 2 heterocycles. The zero-order chi connectivity index (χ0) is 15.6. The van der Waals surface area contributed by atoms with Crippen molar-refractivity contribution in [1.29, 1.82) is 0 Å². The summed E-state index contributed by atoms with van der Waals surface area (Å²) < 4.78 is 8.06. The van der Waals surface area contributed by atoms with Gasteiger partial charge < -0.3 is 0 Å². The third-order valence-corrected chi connectivity index (χ3v) is 9.07. The van der Waals surface area contributed by atoms with Crippen LogP contribution in [0.3, 0.4) is 0 Å². The molecule has 112 valence electrons. The summed E-state index contributed by atoms with van der Waals surface area (Å²) in [6.07, 6.45) is 3.51. The monoisotopic (exact) mass is 395 g/mol. The second-order valence-electron chi connectivity index (χ2n) is 5.95. The molecule has 2 aromatic heterocycles. The Hall–Kier alpha value is -1.37. The predicted molar refractivity (Wildman–Crippen MR) is 85.0 cm³/mol. The van der Waals surface area contributed by atoms with E-state index in [4.69, 9.17) is 4.74 Å². The molecule has 0 saturated heterocycles. The Labute approximate surface area is 129 Å². The van der Waals surface area contributed by atoms with Crippen molar-refractivity contribution in [3.8, 4) is 5.82 Å². The molecule has 0 radical (unpaired) electrons. The van der Waals surface area contributed by atoms with Gasteiger partial charge in [-0.25, -0.2) is 0 Å². The van der Waals surface area contributed by atoms with E-state index < -0.39 is 18.4 Å². The number of rotatable bonds is 4. The van der Waals surface area contributed by atoms with Crippen LogP contribution in [0.5, 0.6) is 0 Å². The van der Waals surface area contributed by atoms with Gasteiger partial charge in [-0.2, -0.15) is 0 Å². The first-order valence-corrected chi connectivity index (χ1v) is 17.0. The minimum absolute atomic E-state index is 0.340. The fourth-order valence-corrected chi connectivity index (χ4v) is 5.24. The number of carbonyl (C=O) groups is 1. The van der Waals surface area contributed by atoms with Gasteiger partial charge in [-0.1, -0.05) is 0 Å². The summed E-state index contributed by atoms with van der Waals surface area (Å²) in [6.45, 7) is 3.95. The summed E-state index contributed by atoms with van der Waals surface area (Å²) in [5, 5.41) is 4.38. The fourth-order valence-electron chi connectivity index (χ4n) is 2.00. The van der Waals surface area contributed by atoms with Crippen molar-refractivity contribution in [3.05, 3.63) is 35.8 Å². The molecule has 21 heavy (non-hydrogen) atoms. The molecule has 0 bridgehead atoms. The molecule has 0 amide bonds.